The molecule has 2 rings (SSSR count). The molecule has 90 valence electrons. The maximum absolute atomic E-state index is 5.80. The van der Waals surface area contributed by atoms with Gasteiger partial charge in [0.1, 0.15) is 11.1 Å². The van der Waals surface area contributed by atoms with Crippen molar-refractivity contribution in [1.29, 1.82) is 0 Å². The minimum atomic E-state index is 0.186. The molecular formula is C12H20N2OS. The lowest BCUT2D eigenvalue weighted by molar-refractivity contribution is -0.0282. The average molecular weight is 240 g/mol. The normalized spacial score (nSPS) is 22.9. The zero-order valence-corrected chi connectivity index (χ0v) is 11.1. The van der Waals surface area contributed by atoms with Gasteiger partial charge in [0.05, 0.1) is 6.61 Å². The molecule has 1 saturated heterocycles. The van der Waals surface area contributed by atoms with E-state index in [4.69, 9.17) is 4.74 Å². The number of rotatable bonds is 3. The highest BCUT2D eigenvalue weighted by atomic mass is 32.1. The summed E-state index contributed by atoms with van der Waals surface area (Å²) in [7, 11) is 0. The third-order valence-electron chi connectivity index (χ3n) is 2.98. The maximum Gasteiger partial charge on any atom is 0.123 e. The van der Waals surface area contributed by atoms with Gasteiger partial charge in [-0.1, -0.05) is 20.8 Å². The summed E-state index contributed by atoms with van der Waals surface area (Å²) in [5.74, 6) is 0.567. The minimum absolute atomic E-state index is 0.186. The van der Waals surface area contributed by atoms with E-state index in [0.29, 0.717) is 5.92 Å². The second-order valence-electron chi connectivity index (χ2n) is 4.51. The van der Waals surface area contributed by atoms with Gasteiger partial charge in [-0.3, -0.25) is 4.90 Å². The Labute approximate surface area is 101 Å². The van der Waals surface area contributed by atoms with Gasteiger partial charge < -0.3 is 4.74 Å². The number of morpholine rings is 1. The predicted molar refractivity (Wildman–Crippen MR) is 67.0 cm³/mol. The predicted octanol–water partition coefficient (Wildman–Crippen LogP) is 2.66. The lowest BCUT2D eigenvalue weighted by atomic mass is 10.2. The second-order valence-corrected chi connectivity index (χ2v) is 5.60. The van der Waals surface area contributed by atoms with Gasteiger partial charge in [0.15, 0.2) is 0 Å². The third-order valence-corrected chi connectivity index (χ3v) is 4.37. The van der Waals surface area contributed by atoms with E-state index in [1.54, 1.807) is 11.3 Å². The van der Waals surface area contributed by atoms with Crippen LogP contribution in [0.15, 0.2) is 6.20 Å². The number of ether oxygens (including phenoxy) is 1. The Kier molecular flexibility index (Phi) is 3.95. The van der Waals surface area contributed by atoms with Crippen LogP contribution in [0.4, 0.5) is 0 Å². The molecular weight excluding hydrogens is 220 g/mol. The zero-order valence-electron chi connectivity index (χ0n) is 10.3. The molecule has 1 aromatic heterocycles. The van der Waals surface area contributed by atoms with Crippen molar-refractivity contribution >= 4 is 11.3 Å². The highest BCUT2D eigenvalue weighted by molar-refractivity contribution is 7.11. The van der Waals surface area contributed by atoms with Crippen molar-refractivity contribution in [2.75, 3.05) is 26.2 Å². The van der Waals surface area contributed by atoms with Crippen LogP contribution in [0, 0.1) is 0 Å². The highest BCUT2D eigenvalue weighted by Crippen LogP contribution is 2.29. The fraction of sp³-hybridized carbons (Fsp3) is 0.750. The summed E-state index contributed by atoms with van der Waals surface area (Å²) in [5.41, 5.74) is 0. The topological polar surface area (TPSA) is 25.4 Å². The maximum atomic E-state index is 5.80. The first kappa shape index (κ1) is 12.0. The molecule has 0 aromatic carbocycles. The standard InChI is InChI=1S/C12H20N2OS/c1-4-14-5-6-15-10(8-14)12-13-7-11(16-12)9(2)3/h7,9-10H,4-6,8H2,1-3H3. The summed E-state index contributed by atoms with van der Waals surface area (Å²) in [6.07, 6.45) is 2.19. The molecule has 1 atom stereocenters. The molecule has 1 aliphatic rings. The Balaban J connectivity index is 2.05. The summed E-state index contributed by atoms with van der Waals surface area (Å²) in [5, 5.41) is 1.14. The van der Waals surface area contributed by atoms with E-state index >= 15 is 0 Å². The van der Waals surface area contributed by atoms with E-state index in [9.17, 15) is 0 Å². The Morgan fingerprint density at radius 3 is 3.06 bits per heavy atom. The van der Waals surface area contributed by atoms with Crippen LogP contribution >= 0.6 is 11.3 Å². The zero-order chi connectivity index (χ0) is 11.5. The Morgan fingerprint density at radius 1 is 1.62 bits per heavy atom. The van der Waals surface area contributed by atoms with Crippen LogP contribution in [0.5, 0.6) is 0 Å². The molecule has 1 fully saturated rings. The van der Waals surface area contributed by atoms with Crippen LogP contribution in [0.1, 0.15) is 42.7 Å². The van der Waals surface area contributed by atoms with Gasteiger partial charge in [-0.15, -0.1) is 11.3 Å². The molecule has 1 unspecified atom stereocenters. The van der Waals surface area contributed by atoms with Gasteiger partial charge in [0.2, 0.25) is 0 Å². The van der Waals surface area contributed by atoms with E-state index in [0.717, 1.165) is 31.2 Å². The van der Waals surface area contributed by atoms with Gasteiger partial charge in [-0.05, 0) is 12.5 Å². The smallest absolute Gasteiger partial charge is 0.123 e. The fourth-order valence-electron chi connectivity index (χ4n) is 1.86. The SMILES string of the molecule is CCN1CCOC(c2ncc(C(C)C)s2)C1. The first-order valence-corrected chi connectivity index (χ1v) is 6.82. The van der Waals surface area contributed by atoms with Crippen molar-refractivity contribution in [2.24, 2.45) is 0 Å². The van der Waals surface area contributed by atoms with Gasteiger partial charge >= 0.3 is 0 Å². The molecule has 3 nitrogen and oxygen atoms in total. The van der Waals surface area contributed by atoms with Crippen LogP contribution in [0.3, 0.4) is 0 Å². The van der Waals surface area contributed by atoms with E-state index in [1.807, 2.05) is 6.20 Å². The molecule has 0 aliphatic carbocycles. The number of hydrogen-bond acceptors (Lipinski definition) is 4. The van der Waals surface area contributed by atoms with Crippen LogP contribution in [-0.4, -0.2) is 36.1 Å². The third kappa shape index (κ3) is 2.62. The molecule has 4 heteroatoms. The number of aromatic nitrogens is 1. The molecule has 16 heavy (non-hydrogen) atoms. The number of likely N-dealkylation sites (N-methyl/N-ethyl adjacent to an activating group) is 1. The number of thiazole rings is 1. The van der Waals surface area contributed by atoms with Crippen molar-refractivity contribution in [2.45, 2.75) is 32.8 Å². The summed E-state index contributed by atoms with van der Waals surface area (Å²) in [6, 6.07) is 0. The Bertz CT molecular complexity index is 338. The Morgan fingerprint density at radius 2 is 2.44 bits per heavy atom. The lowest BCUT2D eigenvalue weighted by Gasteiger charge is -2.30. The summed E-state index contributed by atoms with van der Waals surface area (Å²) < 4.78 is 5.80. The van der Waals surface area contributed by atoms with Crippen molar-refractivity contribution < 1.29 is 4.74 Å². The summed E-state index contributed by atoms with van der Waals surface area (Å²) in [4.78, 5) is 8.27. The molecule has 0 amide bonds. The summed E-state index contributed by atoms with van der Waals surface area (Å²) >= 11 is 1.80. The second kappa shape index (κ2) is 5.25. The van der Waals surface area contributed by atoms with Gasteiger partial charge in [-0.2, -0.15) is 0 Å². The van der Waals surface area contributed by atoms with Crippen LogP contribution in [0.25, 0.3) is 0 Å². The molecule has 0 spiro atoms. The Hall–Kier alpha value is -0.450. The van der Waals surface area contributed by atoms with Crippen LogP contribution in [0.2, 0.25) is 0 Å². The molecule has 2 heterocycles. The van der Waals surface area contributed by atoms with E-state index in [1.165, 1.54) is 4.88 Å². The van der Waals surface area contributed by atoms with Crippen molar-refractivity contribution in [3.63, 3.8) is 0 Å². The van der Waals surface area contributed by atoms with E-state index < -0.39 is 0 Å². The number of hydrogen-bond donors (Lipinski definition) is 0. The monoisotopic (exact) mass is 240 g/mol. The number of nitrogens with zero attached hydrogens (tertiary/aromatic N) is 2. The van der Waals surface area contributed by atoms with E-state index in [2.05, 4.69) is 30.7 Å². The van der Waals surface area contributed by atoms with Gasteiger partial charge in [0.25, 0.3) is 0 Å². The van der Waals surface area contributed by atoms with Crippen LogP contribution in [-0.2, 0) is 4.74 Å². The highest BCUT2D eigenvalue weighted by Gasteiger charge is 2.23. The average Bonchev–Trinajstić information content (AvgIpc) is 2.78. The molecule has 0 radical (unpaired) electrons. The minimum Gasteiger partial charge on any atom is -0.368 e. The molecule has 0 saturated carbocycles. The van der Waals surface area contributed by atoms with Crippen LogP contribution < -0.4 is 0 Å². The van der Waals surface area contributed by atoms with Crippen molar-refractivity contribution in [1.82, 2.24) is 9.88 Å². The van der Waals surface area contributed by atoms with Gasteiger partial charge in [0, 0.05) is 24.2 Å². The van der Waals surface area contributed by atoms with Crippen molar-refractivity contribution in [3.8, 4) is 0 Å². The lowest BCUT2D eigenvalue weighted by Crippen LogP contribution is -2.37. The molecule has 1 aromatic rings. The molecule has 0 N–H and O–H groups in total. The first-order chi connectivity index (χ1) is 7.70. The first-order valence-electron chi connectivity index (χ1n) is 6.00. The fourth-order valence-corrected chi connectivity index (χ4v) is 2.82. The van der Waals surface area contributed by atoms with E-state index in [-0.39, 0.29) is 6.10 Å². The largest absolute Gasteiger partial charge is 0.368 e. The molecule has 0 bridgehead atoms. The molecule has 1 aliphatic heterocycles. The van der Waals surface area contributed by atoms with Crippen molar-refractivity contribution in [3.05, 3.63) is 16.1 Å². The van der Waals surface area contributed by atoms with Gasteiger partial charge in [-0.25, -0.2) is 4.98 Å². The summed E-state index contributed by atoms with van der Waals surface area (Å²) in [6.45, 7) is 10.6. The quantitative estimate of drug-likeness (QED) is 0.812.